The van der Waals surface area contributed by atoms with Gasteiger partial charge in [-0.1, -0.05) is 303 Å². The summed E-state index contributed by atoms with van der Waals surface area (Å²) in [6.07, 6.45) is 0. The molecule has 0 atom stereocenters. The molecule has 10 bridgehead atoms. The molecule has 0 radical (unpaired) electrons. The van der Waals surface area contributed by atoms with Gasteiger partial charge in [0.25, 0.3) is 0 Å². The van der Waals surface area contributed by atoms with Crippen LogP contribution in [0.2, 0.25) is 0 Å². The van der Waals surface area contributed by atoms with Crippen LogP contribution in [0.5, 0.6) is 0 Å². The fraction of sp³-hybridized carbons (Fsp3) is 0. The highest BCUT2D eigenvalue weighted by Gasteiger charge is 2.87. The molecule has 0 saturated carbocycles. The molecule has 5 heterocycles. The molecule has 0 aliphatic carbocycles. The molecule has 5 aliphatic heterocycles. The number of benzene rings is 10. The van der Waals surface area contributed by atoms with Crippen molar-refractivity contribution in [1.82, 2.24) is 0 Å². The molecule has 0 amide bonds. The third-order valence-corrected chi connectivity index (χ3v) is 58.0. The van der Waals surface area contributed by atoms with Crippen molar-refractivity contribution < 1.29 is 61.7 Å². The topological polar surface area (TPSA) is 138 Å². The van der Waals surface area contributed by atoms with Crippen molar-refractivity contribution in [3.05, 3.63) is 303 Å². The van der Waals surface area contributed by atoms with E-state index >= 15 is 0 Å². The summed E-state index contributed by atoms with van der Waals surface area (Å²) in [5.41, 5.74) is 0. The molecular weight excluding hydrogens is 1240 g/mol. The van der Waals surface area contributed by atoms with E-state index in [0.717, 1.165) is 0 Å². The fourth-order valence-corrected chi connectivity index (χ4v) is 69.1. The summed E-state index contributed by atoms with van der Waals surface area (Å²) >= 11 is 0. The van der Waals surface area contributed by atoms with Crippen LogP contribution in [0.4, 0.5) is 0 Å². The van der Waals surface area contributed by atoms with Gasteiger partial charge in [-0.05, 0) is 0 Å². The highest BCUT2D eigenvalue weighted by molar-refractivity contribution is 7.15. The summed E-state index contributed by atoms with van der Waals surface area (Å²) in [6.45, 7) is 0. The van der Waals surface area contributed by atoms with Crippen LogP contribution in [-0.4, -0.2) is 88.0 Å². The Balaban J connectivity index is 1.19. The molecule has 5 aliphatic rings. The largest absolute Gasteiger partial charge is 0.515 e. The van der Waals surface area contributed by atoms with E-state index in [2.05, 4.69) is 0 Å². The minimum atomic E-state index is -5.15. The van der Waals surface area contributed by atoms with Crippen LogP contribution < -0.4 is 51.9 Å². The van der Waals surface area contributed by atoms with Gasteiger partial charge >= 0.3 is 88.0 Å². The van der Waals surface area contributed by atoms with Crippen LogP contribution in [0.15, 0.2) is 303 Å². The molecule has 25 heteroatoms. The van der Waals surface area contributed by atoms with Gasteiger partial charge < -0.3 is 61.7 Å². The van der Waals surface area contributed by atoms with Crippen LogP contribution in [0, 0.1) is 0 Å². The van der Waals surface area contributed by atoms with E-state index in [0.29, 0.717) is 51.9 Å². The maximum absolute atomic E-state index is 8.53. The summed E-state index contributed by atoms with van der Waals surface area (Å²) in [7, 11) is -51.5. The molecule has 15 rings (SSSR count). The van der Waals surface area contributed by atoms with E-state index in [4.69, 9.17) is 61.7 Å². The van der Waals surface area contributed by atoms with Gasteiger partial charge in [-0.15, -0.1) is 0 Å². The van der Waals surface area contributed by atoms with E-state index in [9.17, 15) is 0 Å². The molecule has 420 valence electrons. The second-order valence-electron chi connectivity index (χ2n) is 20.8. The molecule has 0 spiro atoms. The Morgan fingerprint density at radius 3 is 0.247 bits per heavy atom. The normalized spacial score (nSPS) is 33.6. The molecule has 0 N–H and O–H groups in total. The predicted octanol–water partition coefficient (Wildman–Crippen LogP) is 3.78. The van der Waals surface area contributed by atoms with Gasteiger partial charge in [0.05, 0.1) is 0 Å². The zero-order valence-electron chi connectivity index (χ0n) is 45.0. The van der Waals surface area contributed by atoms with Crippen LogP contribution in [0.1, 0.15) is 0 Å². The van der Waals surface area contributed by atoms with Crippen molar-refractivity contribution in [3.63, 3.8) is 0 Å². The first-order valence-electron chi connectivity index (χ1n) is 27.7. The minimum Gasteiger partial charge on any atom is -0.366 e. The second-order valence-corrected chi connectivity index (χ2v) is 49.9. The Morgan fingerprint density at radius 1 is 0.106 bits per heavy atom. The number of fused-ring (bicyclic) bond motifs is 10. The standard InChI is InChI=1S/C60H50O15Si10/c1-11-31-51(32-12-1)76-61-77(52-33-13-2-14-34-52)68-80(55-39-19-5-20-40-55)62-78(66-76,53-35-15-3-16-36-53)70-82(57-43-23-7-24-44-57)64-84(72-80,59-47-27-9-28-48-59)75-85(60-49-29-10-30-50-60)65-83(74-82,58-45-25-8-26-46-58)71-79(67-76,54-37-17-4-18-38-54)63-81(69-77,73-85)56-41-21-6-22-42-56/h1-50H. The van der Waals surface area contributed by atoms with Crippen LogP contribution in [0.25, 0.3) is 0 Å². The Hall–Kier alpha value is -6.23. The van der Waals surface area contributed by atoms with Gasteiger partial charge in [0.1, 0.15) is 0 Å². The molecule has 0 aromatic heterocycles. The molecule has 15 nitrogen and oxygen atoms in total. The maximum atomic E-state index is 8.53. The Morgan fingerprint density at radius 2 is 0.176 bits per heavy atom. The van der Waals surface area contributed by atoms with E-state index in [1.54, 1.807) is 0 Å². The predicted molar refractivity (Wildman–Crippen MR) is 335 cm³/mol. The fourth-order valence-electron chi connectivity index (χ4n) is 11.5. The van der Waals surface area contributed by atoms with Crippen LogP contribution in [-0.2, 0) is 61.7 Å². The summed E-state index contributed by atoms with van der Waals surface area (Å²) in [6, 6.07) is 95.7. The highest BCUT2D eigenvalue weighted by atomic mass is 28.6. The Kier molecular flexibility index (Phi) is 13.2. The van der Waals surface area contributed by atoms with E-state index in [1.165, 1.54) is 0 Å². The molecule has 5 saturated heterocycles. The van der Waals surface area contributed by atoms with Crippen molar-refractivity contribution in [1.29, 1.82) is 0 Å². The lowest BCUT2D eigenvalue weighted by atomic mass is 10.4. The van der Waals surface area contributed by atoms with E-state index in [1.807, 2.05) is 303 Å². The summed E-state index contributed by atoms with van der Waals surface area (Å²) in [5.74, 6) is 0. The molecular formula is C60H50O15Si10. The zero-order valence-corrected chi connectivity index (χ0v) is 55.0. The lowest BCUT2D eigenvalue weighted by molar-refractivity contribution is -0.00180. The van der Waals surface area contributed by atoms with Crippen molar-refractivity contribution in [3.8, 4) is 0 Å². The number of hydrogen-bond donors (Lipinski definition) is 0. The Bertz CT molecular complexity index is 3120. The zero-order chi connectivity index (χ0) is 56.7. The lowest BCUT2D eigenvalue weighted by Crippen LogP contribution is -2.96. The number of rotatable bonds is 10. The second kappa shape index (κ2) is 20.7. The third-order valence-electron chi connectivity index (χ3n) is 15.3. The average molecular weight is 1290 g/mol. The lowest BCUT2D eigenvalue weighted by Gasteiger charge is -2.62. The average Bonchev–Trinajstić information content (AvgIpc) is 0.760. The van der Waals surface area contributed by atoms with Crippen LogP contribution >= 0.6 is 0 Å². The monoisotopic (exact) mass is 1290 g/mol. The minimum absolute atomic E-state index is 0.479. The first-order valence-corrected chi connectivity index (χ1v) is 45.0. The first kappa shape index (κ1) is 54.2. The molecule has 5 fully saturated rings. The van der Waals surface area contributed by atoms with Crippen molar-refractivity contribution in [2.45, 2.75) is 0 Å². The van der Waals surface area contributed by atoms with Gasteiger partial charge in [-0.25, -0.2) is 0 Å². The molecule has 10 aromatic rings. The van der Waals surface area contributed by atoms with Gasteiger partial charge in [0.15, 0.2) is 0 Å². The van der Waals surface area contributed by atoms with Crippen molar-refractivity contribution in [2.24, 2.45) is 0 Å². The summed E-state index contributed by atoms with van der Waals surface area (Å²) < 4.78 is 127. The maximum Gasteiger partial charge on any atom is 0.515 e. The van der Waals surface area contributed by atoms with Crippen molar-refractivity contribution >= 4 is 140 Å². The summed E-state index contributed by atoms with van der Waals surface area (Å²) in [5, 5.41) is 4.79. The van der Waals surface area contributed by atoms with E-state index in [-0.39, 0.29) is 0 Å². The van der Waals surface area contributed by atoms with E-state index < -0.39 is 88.0 Å². The SMILES string of the molecule is c1ccc([Si]23O[Si]4(c5ccccc5)O[Si]5(c6ccccc6)O[Si](c6ccccc6)(O2)O[Si]2(c6ccccc6)O[Si](c6ccccc6)(O5)O[Si]5(c6ccccc6)O[Si](c6ccccc6)(O[Si](c6ccccc6)(O[Si](c6ccccc6)(O4)O5)O3)O2)cc1. The van der Waals surface area contributed by atoms with Gasteiger partial charge in [0, 0.05) is 51.9 Å². The van der Waals surface area contributed by atoms with Crippen LogP contribution in [0.3, 0.4) is 0 Å². The van der Waals surface area contributed by atoms with Gasteiger partial charge in [-0.3, -0.25) is 0 Å². The van der Waals surface area contributed by atoms with Gasteiger partial charge in [0.2, 0.25) is 0 Å². The molecule has 0 unspecified atom stereocenters. The third kappa shape index (κ3) is 8.92. The summed E-state index contributed by atoms with van der Waals surface area (Å²) in [4.78, 5) is 0. The quantitative estimate of drug-likeness (QED) is 0.184. The number of hydrogen-bond acceptors (Lipinski definition) is 15. The molecule has 85 heavy (non-hydrogen) atoms. The highest BCUT2D eigenvalue weighted by Crippen LogP contribution is 2.49. The smallest absolute Gasteiger partial charge is 0.366 e. The van der Waals surface area contributed by atoms with Crippen molar-refractivity contribution in [2.75, 3.05) is 0 Å². The first-order chi connectivity index (χ1) is 41.7. The Labute approximate surface area is 501 Å². The molecule has 10 aromatic carbocycles. The van der Waals surface area contributed by atoms with Gasteiger partial charge in [-0.2, -0.15) is 0 Å².